The SMILES string of the molecule is Cc1cc(S(=O)(=O)Nc2ccccc2C(=O)NCC(C)(C)CN(C)C)ccc1F. The number of carbonyl (C=O) groups is 1. The fraction of sp³-hybridized carbons (Fsp3) is 0.381. The van der Waals surface area contributed by atoms with Gasteiger partial charge in [0.05, 0.1) is 16.1 Å². The van der Waals surface area contributed by atoms with E-state index in [-0.39, 0.29) is 33.0 Å². The van der Waals surface area contributed by atoms with E-state index in [1.165, 1.54) is 25.1 Å². The highest BCUT2D eigenvalue weighted by Crippen LogP contribution is 2.22. The maximum atomic E-state index is 13.5. The zero-order valence-corrected chi connectivity index (χ0v) is 18.2. The molecular weight excluding hydrogens is 393 g/mol. The Balaban J connectivity index is 2.21. The van der Waals surface area contributed by atoms with Crippen LogP contribution in [0, 0.1) is 18.2 Å². The second-order valence-corrected chi connectivity index (χ2v) is 9.83. The van der Waals surface area contributed by atoms with Crippen molar-refractivity contribution in [2.24, 2.45) is 5.41 Å². The molecule has 1 amide bonds. The van der Waals surface area contributed by atoms with Crippen LogP contribution in [-0.4, -0.2) is 46.4 Å². The molecule has 0 spiro atoms. The number of aryl methyl sites for hydroxylation is 1. The fourth-order valence-corrected chi connectivity index (χ4v) is 4.25. The van der Waals surface area contributed by atoms with Gasteiger partial charge in [0.1, 0.15) is 5.82 Å². The summed E-state index contributed by atoms with van der Waals surface area (Å²) in [6.45, 7) is 6.79. The summed E-state index contributed by atoms with van der Waals surface area (Å²) in [4.78, 5) is 14.7. The van der Waals surface area contributed by atoms with E-state index < -0.39 is 15.8 Å². The first kappa shape index (κ1) is 22.8. The molecule has 0 saturated heterocycles. The molecule has 0 atom stereocenters. The van der Waals surface area contributed by atoms with Crippen molar-refractivity contribution in [3.05, 3.63) is 59.4 Å². The highest BCUT2D eigenvalue weighted by molar-refractivity contribution is 7.92. The summed E-state index contributed by atoms with van der Waals surface area (Å²) < 4.78 is 41.3. The van der Waals surface area contributed by atoms with Crippen molar-refractivity contribution in [3.63, 3.8) is 0 Å². The number of sulfonamides is 1. The molecule has 2 aromatic carbocycles. The van der Waals surface area contributed by atoms with Gasteiger partial charge in [0.2, 0.25) is 0 Å². The van der Waals surface area contributed by atoms with Gasteiger partial charge in [0.25, 0.3) is 15.9 Å². The Morgan fingerprint density at radius 2 is 1.79 bits per heavy atom. The fourth-order valence-electron chi connectivity index (χ4n) is 3.08. The summed E-state index contributed by atoms with van der Waals surface area (Å²) in [6.07, 6.45) is 0. The van der Waals surface area contributed by atoms with Crippen molar-refractivity contribution in [2.45, 2.75) is 25.7 Å². The molecule has 0 heterocycles. The van der Waals surface area contributed by atoms with Crippen molar-refractivity contribution in [1.29, 1.82) is 0 Å². The molecule has 0 aliphatic rings. The number of hydrogen-bond donors (Lipinski definition) is 2. The highest BCUT2D eigenvalue weighted by Gasteiger charge is 2.23. The first-order valence-electron chi connectivity index (χ1n) is 9.22. The number of anilines is 1. The van der Waals surface area contributed by atoms with E-state index in [0.717, 1.165) is 12.6 Å². The lowest BCUT2D eigenvalue weighted by Gasteiger charge is -2.28. The van der Waals surface area contributed by atoms with Crippen LogP contribution in [-0.2, 0) is 10.0 Å². The lowest BCUT2D eigenvalue weighted by atomic mass is 9.93. The summed E-state index contributed by atoms with van der Waals surface area (Å²) in [5.74, 6) is -0.852. The Morgan fingerprint density at radius 3 is 2.41 bits per heavy atom. The minimum Gasteiger partial charge on any atom is -0.351 e. The van der Waals surface area contributed by atoms with Gasteiger partial charge < -0.3 is 10.2 Å². The van der Waals surface area contributed by atoms with Gasteiger partial charge in [0, 0.05) is 13.1 Å². The minimum atomic E-state index is -3.97. The van der Waals surface area contributed by atoms with Crippen molar-refractivity contribution in [1.82, 2.24) is 10.2 Å². The second-order valence-electron chi connectivity index (χ2n) is 8.15. The van der Waals surface area contributed by atoms with E-state index in [0.29, 0.717) is 6.54 Å². The predicted molar refractivity (Wildman–Crippen MR) is 113 cm³/mol. The van der Waals surface area contributed by atoms with Crippen molar-refractivity contribution >= 4 is 21.6 Å². The average Bonchev–Trinajstić information content (AvgIpc) is 2.61. The summed E-state index contributed by atoms with van der Waals surface area (Å²) in [6, 6.07) is 9.94. The molecule has 158 valence electrons. The van der Waals surface area contributed by atoms with Crippen molar-refractivity contribution < 1.29 is 17.6 Å². The van der Waals surface area contributed by atoms with Gasteiger partial charge in [0.15, 0.2) is 0 Å². The maximum Gasteiger partial charge on any atom is 0.261 e. The Kier molecular flexibility index (Phi) is 7.02. The van der Waals surface area contributed by atoms with Gasteiger partial charge >= 0.3 is 0 Å². The smallest absolute Gasteiger partial charge is 0.261 e. The summed E-state index contributed by atoms with van der Waals surface area (Å²) in [5, 5.41) is 2.88. The molecular formula is C21H28FN3O3S. The van der Waals surface area contributed by atoms with Gasteiger partial charge in [-0.15, -0.1) is 0 Å². The van der Waals surface area contributed by atoms with E-state index in [1.54, 1.807) is 18.2 Å². The number of halogens is 1. The third-order valence-corrected chi connectivity index (χ3v) is 5.69. The molecule has 0 aromatic heterocycles. The number of para-hydroxylation sites is 1. The standard InChI is InChI=1S/C21H28FN3O3S/c1-15-12-16(10-11-18(15)22)29(27,28)24-19-9-7-6-8-17(19)20(26)23-13-21(2,3)14-25(4)5/h6-12,24H,13-14H2,1-5H3,(H,23,26). The zero-order chi connectivity index (χ0) is 21.8. The van der Waals surface area contributed by atoms with Gasteiger partial charge in [-0.25, -0.2) is 12.8 Å². The largest absolute Gasteiger partial charge is 0.351 e. The average molecular weight is 422 g/mol. The molecule has 2 N–H and O–H groups in total. The molecule has 0 bridgehead atoms. The van der Waals surface area contributed by atoms with Crippen LogP contribution in [0.15, 0.2) is 47.4 Å². The number of benzene rings is 2. The molecule has 0 radical (unpaired) electrons. The number of amides is 1. The first-order chi connectivity index (χ1) is 13.4. The number of nitrogens with one attached hydrogen (secondary N) is 2. The summed E-state index contributed by atoms with van der Waals surface area (Å²) in [5.41, 5.74) is 0.453. The number of nitrogens with zero attached hydrogens (tertiary/aromatic N) is 1. The minimum absolute atomic E-state index is 0.0706. The molecule has 2 rings (SSSR count). The molecule has 0 fully saturated rings. The number of carbonyl (C=O) groups excluding carboxylic acids is 1. The second kappa shape index (κ2) is 8.92. The van der Waals surface area contributed by atoms with Gasteiger partial charge in [-0.2, -0.15) is 0 Å². The summed E-state index contributed by atoms with van der Waals surface area (Å²) in [7, 11) is -0.0450. The monoisotopic (exact) mass is 421 g/mol. The van der Waals surface area contributed by atoms with E-state index in [4.69, 9.17) is 0 Å². The van der Waals surface area contributed by atoms with Gasteiger partial charge in [-0.3, -0.25) is 9.52 Å². The van der Waals surface area contributed by atoms with Crippen LogP contribution in [0.2, 0.25) is 0 Å². The maximum absolute atomic E-state index is 13.5. The Hall–Kier alpha value is -2.45. The lowest BCUT2D eigenvalue weighted by molar-refractivity contribution is 0.0930. The predicted octanol–water partition coefficient (Wildman–Crippen LogP) is 3.25. The van der Waals surface area contributed by atoms with E-state index >= 15 is 0 Å². The van der Waals surface area contributed by atoms with Crippen LogP contribution in [0.1, 0.15) is 29.8 Å². The van der Waals surface area contributed by atoms with Crippen LogP contribution >= 0.6 is 0 Å². The van der Waals surface area contributed by atoms with Gasteiger partial charge in [-0.1, -0.05) is 26.0 Å². The quantitative estimate of drug-likeness (QED) is 0.686. The van der Waals surface area contributed by atoms with Crippen molar-refractivity contribution in [2.75, 3.05) is 31.9 Å². The van der Waals surface area contributed by atoms with Crippen LogP contribution in [0.3, 0.4) is 0 Å². The number of rotatable bonds is 8. The molecule has 8 heteroatoms. The molecule has 0 aliphatic heterocycles. The van der Waals surface area contributed by atoms with Gasteiger partial charge in [-0.05, 0) is 62.3 Å². The highest BCUT2D eigenvalue weighted by atomic mass is 32.2. The molecule has 6 nitrogen and oxygen atoms in total. The number of hydrogen-bond acceptors (Lipinski definition) is 4. The van der Waals surface area contributed by atoms with Crippen LogP contribution in [0.5, 0.6) is 0 Å². The molecule has 2 aromatic rings. The third kappa shape index (κ3) is 6.27. The normalized spacial score (nSPS) is 12.1. The van der Waals surface area contributed by atoms with E-state index in [2.05, 4.69) is 10.0 Å². The first-order valence-corrected chi connectivity index (χ1v) is 10.7. The van der Waals surface area contributed by atoms with Crippen LogP contribution in [0.4, 0.5) is 10.1 Å². The molecule has 29 heavy (non-hydrogen) atoms. The van der Waals surface area contributed by atoms with Crippen LogP contribution in [0.25, 0.3) is 0 Å². The van der Waals surface area contributed by atoms with Crippen molar-refractivity contribution in [3.8, 4) is 0 Å². The zero-order valence-electron chi connectivity index (χ0n) is 17.4. The summed E-state index contributed by atoms with van der Waals surface area (Å²) >= 11 is 0. The van der Waals surface area contributed by atoms with E-state index in [9.17, 15) is 17.6 Å². The Morgan fingerprint density at radius 1 is 1.14 bits per heavy atom. The Bertz CT molecular complexity index is 988. The molecule has 0 saturated carbocycles. The molecule has 0 unspecified atom stereocenters. The Labute approximate surface area is 172 Å². The van der Waals surface area contributed by atoms with Crippen LogP contribution < -0.4 is 10.0 Å². The van der Waals surface area contributed by atoms with E-state index in [1.807, 2.05) is 32.8 Å². The lowest BCUT2D eigenvalue weighted by Crippen LogP contribution is -2.40. The topological polar surface area (TPSA) is 78.5 Å². The molecule has 0 aliphatic carbocycles. The third-order valence-electron chi connectivity index (χ3n) is 4.33.